The van der Waals surface area contributed by atoms with Crippen LogP contribution in [-0.4, -0.2) is 26.7 Å². The van der Waals surface area contributed by atoms with Gasteiger partial charge in [0.15, 0.2) is 0 Å². The van der Waals surface area contributed by atoms with Crippen molar-refractivity contribution in [2.75, 3.05) is 0 Å². The van der Waals surface area contributed by atoms with Crippen molar-refractivity contribution >= 4 is 5.91 Å². The summed E-state index contributed by atoms with van der Waals surface area (Å²) in [6, 6.07) is 6.31. The fourth-order valence-electron chi connectivity index (χ4n) is 3.74. The summed E-state index contributed by atoms with van der Waals surface area (Å²) in [7, 11) is 0. The number of rotatable bonds is 3. The average molecular weight is 310 g/mol. The zero-order chi connectivity index (χ0) is 15.8. The molecule has 23 heavy (non-hydrogen) atoms. The van der Waals surface area contributed by atoms with E-state index in [-0.39, 0.29) is 11.9 Å². The van der Waals surface area contributed by atoms with Crippen LogP contribution in [0, 0.1) is 0 Å². The molecule has 1 aliphatic heterocycles. The van der Waals surface area contributed by atoms with Crippen molar-refractivity contribution in [3.63, 3.8) is 0 Å². The van der Waals surface area contributed by atoms with Crippen LogP contribution in [0.3, 0.4) is 0 Å². The number of hydrogen-bond donors (Lipinski definition) is 1. The predicted molar refractivity (Wildman–Crippen MR) is 87.4 cm³/mol. The number of carbonyl (C=O) groups is 1. The Kier molecular flexibility index (Phi) is 3.63. The van der Waals surface area contributed by atoms with Gasteiger partial charge in [-0.2, -0.15) is 0 Å². The van der Waals surface area contributed by atoms with E-state index in [2.05, 4.69) is 39.1 Å². The van der Waals surface area contributed by atoms with Gasteiger partial charge in [0.05, 0.1) is 0 Å². The number of fused-ring (bicyclic) bond motifs is 2. The molecule has 1 aliphatic carbocycles. The van der Waals surface area contributed by atoms with Crippen LogP contribution in [0.25, 0.3) is 0 Å². The number of amides is 1. The van der Waals surface area contributed by atoms with Gasteiger partial charge in [-0.15, -0.1) is 10.2 Å². The van der Waals surface area contributed by atoms with Gasteiger partial charge < -0.3 is 9.88 Å². The van der Waals surface area contributed by atoms with Crippen LogP contribution in [0.2, 0.25) is 0 Å². The Morgan fingerprint density at radius 2 is 2.13 bits per heavy atom. The first kappa shape index (κ1) is 14.4. The van der Waals surface area contributed by atoms with Crippen LogP contribution in [-0.2, 0) is 32.2 Å². The molecule has 1 amide bonds. The van der Waals surface area contributed by atoms with Crippen molar-refractivity contribution in [2.45, 2.75) is 58.0 Å². The highest BCUT2D eigenvalue weighted by Crippen LogP contribution is 2.23. The first-order chi connectivity index (χ1) is 11.2. The van der Waals surface area contributed by atoms with Gasteiger partial charge in [-0.1, -0.05) is 13.0 Å². The second kappa shape index (κ2) is 5.80. The maximum atomic E-state index is 12.6. The highest BCUT2D eigenvalue weighted by atomic mass is 16.1. The minimum atomic E-state index is 0.0410. The molecule has 2 heterocycles. The van der Waals surface area contributed by atoms with Crippen LogP contribution in [0.1, 0.15) is 52.9 Å². The van der Waals surface area contributed by atoms with E-state index in [9.17, 15) is 4.79 Å². The molecule has 0 fully saturated rings. The van der Waals surface area contributed by atoms with Crippen LogP contribution in [0.15, 0.2) is 18.2 Å². The van der Waals surface area contributed by atoms with Gasteiger partial charge >= 0.3 is 0 Å². The number of aromatic nitrogens is 3. The summed E-state index contributed by atoms with van der Waals surface area (Å²) in [4.78, 5) is 12.6. The topological polar surface area (TPSA) is 59.8 Å². The maximum Gasteiger partial charge on any atom is 0.251 e. The summed E-state index contributed by atoms with van der Waals surface area (Å²) in [5.41, 5.74) is 3.53. The molecule has 5 nitrogen and oxygen atoms in total. The standard InChI is InChI=1S/C18H22N4O/c1-2-16-20-21-17-9-8-15(11-22(16)17)19-18(23)14-7-6-12-4-3-5-13(12)10-14/h6-7,10,15H,2-5,8-9,11H2,1H3,(H,19,23)/t15-/m0/s1. The first-order valence-corrected chi connectivity index (χ1v) is 8.58. The van der Waals surface area contributed by atoms with E-state index in [0.29, 0.717) is 0 Å². The zero-order valence-electron chi connectivity index (χ0n) is 13.5. The molecular formula is C18H22N4O. The Morgan fingerprint density at radius 1 is 1.26 bits per heavy atom. The maximum absolute atomic E-state index is 12.6. The Labute approximate surface area is 136 Å². The minimum absolute atomic E-state index is 0.0410. The molecule has 0 saturated heterocycles. The number of hydrogen-bond acceptors (Lipinski definition) is 3. The number of aryl methyl sites for hydroxylation is 4. The third-order valence-corrected chi connectivity index (χ3v) is 5.04. The Morgan fingerprint density at radius 3 is 3.00 bits per heavy atom. The molecule has 5 heteroatoms. The second-order valence-corrected chi connectivity index (χ2v) is 6.54. The van der Waals surface area contributed by atoms with E-state index < -0.39 is 0 Å². The summed E-state index contributed by atoms with van der Waals surface area (Å²) in [5.74, 6) is 2.10. The molecule has 2 aliphatic rings. The smallest absolute Gasteiger partial charge is 0.251 e. The van der Waals surface area contributed by atoms with Crippen molar-refractivity contribution in [2.24, 2.45) is 0 Å². The van der Waals surface area contributed by atoms with Gasteiger partial charge in [0.25, 0.3) is 5.91 Å². The molecule has 1 aromatic carbocycles. The molecule has 0 radical (unpaired) electrons. The third-order valence-electron chi connectivity index (χ3n) is 5.04. The SMILES string of the molecule is CCc1nnc2n1C[C@@H](NC(=O)c1ccc3c(c1)CCC3)CC2. The van der Waals surface area contributed by atoms with Crippen LogP contribution >= 0.6 is 0 Å². The van der Waals surface area contributed by atoms with E-state index >= 15 is 0 Å². The summed E-state index contributed by atoms with van der Waals surface area (Å²) < 4.78 is 2.16. The minimum Gasteiger partial charge on any atom is -0.347 e. The predicted octanol–water partition coefficient (Wildman–Crippen LogP) is 2.07. The summed E-state index contributed by atoms with van der Waals surface area (Å²) in [6.07, 6.45) is 6.14. The monoisotopic (exact) mass is 310 g/mol. The number of nitrogens with zero attached hydrogens (tertiary/aromatic N) is 3. The van der Waals surface area contributed by atoms with E-state index in [0.717, 1.165) is 55.9 Å². The number of nitrogens with one attached hydrogen (secondary N) is 1. The van der Waals surface area contributed by atoms with Gasteiger partial charge in [-0.25, -0.2) is 0 Å². The van der Waals surface area contributed by atoms with Gasteiger partial charge in [0.2, 0.25) is 0 Å². The Hall–Kier alpha value is -2.17. The lowest BCUT2D eigenvalue weighted by atomic mass is 10.0. The average Bonchev–Trinajstić information content (AvgIpc) is 3.20. The molecule has 120 valence electrons. The molecule has 0 spiro atoms. The van der Waals surface area contributed by atoms with Crippen molar-refractivity contribution < 1.29 is 4.79 Å². The highest BCUT2D eigenvalue weighted by molar-refractivity contribution is 5.94. The molecular weight excluding hydrogens is 288 g/mol. The first-order valence-electron chi connectivity index (χ1n) is 8.58. The Bertz CT molecular complexity index is 736. The lowest BCUT2D eigenvalue weighted by Gasteiger charge is -2.25. The van der Waals surface area contributed by atoms with Gasteiger partial charge in [0, 0.05) is 31.0 Å². The molecule has 1 atom stereocenters. The molecule has 0 bridgehead atoms. The van der Waals surface area contributed by atoms with Crippen LogP contribution in [0.5, 0.6) is 0 Å². The zero-order valence-corrected chi connectivity index (χ0v) is 13.5. The molecule has 0 saturated carbocycles. The van der Waals surface area contributed by atoms with Gasteiger partial charge in [-0.3, -0.25) is 4.79 Å². The third kappa shape index (κ3) is 2.64. The van der Waals surface area contributed by atoms with Gasteiger partial charge in [0.1, 0.15) is 11.6 Å². The lowest BCUT2D eigenvalue weighted by molar-refractivity contribution is 0.0927. The molecule has 0 unspecified atom stereocenters. The molecule has 1 N–H and O–H groups in total. The van der Waals surface area contributed by atoms with E-state index in [1.165, 1.54) is 17.5 Å². The normalized spacial score (nSPS) is 19.3. The van der Waals surface area contributed by atoms with E-state index in [4.69, 9.17) is 0 Å². The summed E-state index contributed by atoms with van der Waals surface area (Å²) in [5, 5.41) is 11.7. The molecule has 1 aromatic heterocycles. The van der Waals surface area contributed by atoms with Crippen molar-refractivity contribution in [1.29, 1.82) is 0 Å². The number of benzene rings is 1. The van der Waals surface area contributed by atoms with E-state index in [1.807, 2.05) is 6.07 Å². The Balaban J connectivity index is 1.47. The summed E-state index contributed by atoms with van der Waals surface area (Å²) in [6.45, 7) is 2.87. The highest BCUT2D eigenvalue weighted by Gasteiger charge is 2.24. The molecule has 2 aromatic rings. The van der Waals surface area contributed by atoms with Gasteiger partial charge in [-0.05, 0) is 48.9 Å². The lowest BCUT2D eigenvalue weighted by Crippen LogP contribution is -2.41. The number of carbonyl (C=O) groups excluding carboxylic acids is 1. The quantitative estimate of drug-likeness (QED) is 0.944. The largest absolute Gasteiger partial charge is 0.347 e. The van der Waals surface area contributed by atoms with Crippen molar-refractivity contribution in [3.8, 4) is 0 Å². The van der Waals surface area contributed by atoms with E-state index in [1.54, 1.807) is 0 Å². The second-order valence-electron chi connectivity index (χ2n) is 6.54. The van der Waals surface area contributed by atoms with Crippen LogP contribution < -0.4 is 5.32 Å². The fraction of sp³-hybridized carbons (Fsp3) is 0.500. The van der Waals surface area contributed by atoms with Crippen molar-refractivity contribution in [1.82, 2.24) is 20.1 Å². The van der Waals surface area contributed by atoms with Crippen molar-refractivity contribution in [3.05, 3.63) is 46.5 Å². The fourth-order valence-corrected chi connectivity index (χ4v) is 3.74. The van der Waals surface area contributed by atoms with Crippen LogP contribution in [0.4, 0.5) is 0 Å². The molecule has 4 rings (SSSR count). The summed E-state index contributed by atoms with van der Waals surface area (Å²) >= 11 is 0.